The van der Waals surface area contributed by atoms with Crippen LogP contribution in [-0.2, 0) is 17.8 Å². The van der Waals surface area contributed by atoms with Gasteiger partial charge in [-0.1, -0.05) is 0 Å². The molecule has 5 heteroatoms. The normalized spacial score (nSPS) is 18.9. The summed E-state index contributed by atoms with van der Waals surface area (Å²) in [5.41, 5.74) is 7.92. The van der Waals surface area contributed by atoms with Gasteiger partial charge in [-0.3, -0.25) is 0 Å². The third kappa shape index (κ3) is 2.25. The van der Waals surface area contributed by atoms with Gasteiger partial charge in [0.15, 0.2) is 0 Å². The molecule has 0 saturated heterocycles. The van der Waals surface area contributed by atoms with E-state index in [1.165, 1.54) is 12.8 Å². The second-order valence-electron chi connectivity index (χ2n) is 4.66. The summed E-state index contributed by atoms with van der Waals surface area (Å²) in [7, 11) is 0. The first-order valence-electron chi connectivity index (χ1n) is 6.27. The fourth-order valence-corrected chi connectivity index (χ4v) is 2.23. The van der Waals surface area contributed by atoms with E-state index in [0.717, 1.165) is 36.8 Å². The molecule has 17 heavy (non-hydrogen) atoms. The maximum Gasteiger partial charge on any atom is 0.225 e. The third-order valence-electron chi connectivity index (χ3n) is 3.30. The molecule has 3 rings (SSSR count). The number of anilines is 1. The summed E-state index contributed by atoms with van der Waals surface area (Å²) in [6, 6.07) is 0.608. The van der Waals surface area contributed by atoms with Gasteiger partial charge >= 0.3 is 0 Å². The minimum atomic E-state index is 0.608. The zero-order valence-electron chi connectivity index (χ0n) is 9.93. The predicted octanol–water partition coefficient (Wildman–Crippen LogP) is 0.477. The SMILES string of the molecule is NCCN(c1ncc2c(n1)CCOC2)C1CC1. The van der Waals surface area contributed by atoms with E-state index in [1.54, 1.807) is 0 Å². The average Bonchev–Trinajstić information content (AvgIpc) is 3.20. The lowest BCUT2D eigenvalue weighted by Gasteiger charge is -2.23. The first-order valence-corrected chi connectivity index (χ1v) is 6.27. The number of nitrogens with zero attached hydrogens (tertiary/aromatic N) is 3. The van der Waals surface area contributed by atoms with Crippen LogP contribution in [0.3, 0.4) is 0 Å². The molecule has 0 radical (unpaired) electrons. The van der Waals surface area contributed by atoms with Crippen LogP contribution in [0, 0.1) is 0 Å². The van der Waals surface area contributed by atoms with Crippen molar-refractivity contribution in [1.29, 1.82) is 0 Å². The average molecular weight is 234 g/mol. The van der Waals surface area contributed by atoms with E-state index in [2.05, 4.69) is 14.9 Å². The molecule has 1 aliphatic heterocycles. The van der Waals surface area contributed by atoms with Gasteiger partial charge in [-0.15, -0.1) is 0 Å². The fraction of sp³-hybridized carbons (Fsp3) is 0.667. The maximum absolute atomic E-state index is 5.65. The Labute approximate surface area is 101 Å². The first kappa shape index (κ1) is 10.9. The Hall–Kier alpha value is -1.20. The number of aromatic nitrogens is 2. The lowest BCUT2D eigenvalue weighted by Crippen LogP contribution is -2.33. The summed E-state index contributed by atoms with van der Waals surface area (Å²) < 4.78 is 5.39. The molecule has 0 aromatic carbocycles. The van der Waals surface area contributed by atoms with Crippen LogP contribution in [0.25, 0.3) is 0 Å². The molecule has 1 saturated carbocycles. The Morgan fingerprint density at radius 2 is 2.35 bits per heavy atom. The van der Waals surface area contributed by atoms with Crippen LogP contribution in [0.1, 0.15) is 24.1 Å². The van der Waals surface area contributed by atoms with Gasteiger partial charge in [0.2, 0.25) is 5.95 Å². The molecule has 0 spiro atoms. The molecular weight excluding hydrogens is 216 g/mol. The number of rotatable bonds is 4. The molecule has 0 unspecified atom stereocenters. The van der Waals surface area contributed by atoms with Crippen molar-refractivity contribution >= 4 is 5.95 Å². The quantitative estimate of drug-likeness (QED) is 0.820. The zero-order chi connectivity index (χ0) is 11.7. The van der Waals surface area contributed by atoms with Crippen molar-refractivity contribution in [3.63, 3.8) is 0 Å². The molecule has 1 aliphatic carbocycles. The minimum Gasteiger partial charge on any atom is -0.376 e. The van der Waals surface area contributed by atoms with Gasteiger partial charge in [-0.25, -0.2) is 9.97 Å². The Balaban J connectivity index is 1.85. The minimum absolute atomic E-state index is 0.608. The van der Waals surface area contributed by atoms with Crippen molar-refractivity contribution in [2.45, 2.75) is 31.9 Å². The highest BCUT2D eigenvalue weighted by atomic mass is 16.5. The van der Waals surface area contributed by atoms with Crippen molar-refractivity contribution in [3.8, 4) is 0 Å². The molecule has 5 nitrogen and oxygen atoms in total. The molecule has 2 N–H and O–H groups in total. The van der Waals surface area contributed by atoms with E-state index in [1.807, 2.05) is 6.20 Å². The highest BCUT2D eigenvalue weighted by Crippen LogP contribution is 2.29. The van der Waals surface area contributed by atoms with Crippen LogP contribution >= 0.6 is 0 Å². The predicted molar refractivity (Wildman–Crippen MR) is 64.8 cm³/mol. The number of hydrogen-bond acceptors (Lipinski definition) is 5. The molecular formula is C12H18N4O. The molecule has 1 fully saturated rings. The Bertz CT molecular complexity index is 405. The molecule has 0 atom stereocenters. The number of nitrogens with two attached hydrogens (primary N) is 1. The second kappa shape index (κ2) is 4.58. The van der Waals surface area contributed by atoms with Gasteiger partial charge in [0.25, 0.3) is 0 Å². The van der Waals surface area contributed by atoms with Crippen molar-refractivity contribution in [2.75, 3.05) is 24.6 Å². The summed E-state index contributed by atoms with van der Waals surface area (Å²) in [4.78, 5) is 11.4. The third-order valence-corrected chi connectivity index (χ3v) is 3.30. The smallest absolute Gasteiger partial charge is 0.225 e. The summed E-state index contributed by atoms with van der Waals surface area (Å²) in [5, 5.41) is 0. The van der Waals surface area contributed by atoms with E-state index in [-0.39, 0.29) is 0 Å². The highest BCUT2D eigenvalue weighted by molar-refractivity contribution is 5.37. The van der Waals surface area contributed by atoms with E-state index >= 15 is 0 Å². The van der Waals surface area contributed by atoms with Gasteiger partial charge in [0.05, 0.1) is 18.9 Å². The standard InChI is InChI=1S/C12H18N4O/c13-4-5-16(10-1-2-10)12-14-7-9-8-17-6-3-11(9)15-12/h7,10H,1-6,8,13H2. The van der Waals surface area contributed by atoms with Crippen molar-refractivity contribution in [3.05, 3.63) is 17.5 Å². The number of hydrogen-bond donors (Lipinski definition) is 1. The van der Waals surface area contributed by atoms with Crippen LogP contribution in [0.5, 0.6) is 0 Å². The van der Waals surface area contributed by atoms with Gasteiger partial charge in [0, 0.05) is 37.3 Å². The van der Waals surface area contributed by atoms with E-state index in [9.17, 15) is 0 Å². The van der Waals surface area contributed by atoms with Gasteiger partial charge in [-0.2, -0.15) is 0 Å². The van der Waals surface area contributed by atoms with Crippen molar-refractivity contribution in [2.24, 2.45) is 5.73 Å². The zero-order valence-corrected chi connectivity index (χ0v) is 9.93. The van der Waals surface area contributed by atoms with E-state index in [0.29, 0.717) is 19.2 Å². The van der Waals surface area contributed by atoms with Crippen LogP contribution in [0.2, 0.25) is 0 Å². The lowest BCUT2D eigenvalue weighted by molar-refractivity contribution is 0.109. The van der Waals surface area contributed by atoms with Crippen LogP contribution in [0.4, 0.5) is 5.95 Å². The van der Waals surface area contributed by atoms with Crippen LogP contribution < -0.4 is 10.6 Å². The summed E-state index contributed by atoms with van der Waals surface area (Å²) in [6.07, 6.45) is 5.28. The van der Waals surface area contributed by atoms with Gasteiger partial charge < -0.3 is 15.4 Å². The van der Waals surface area contributed by atoms with Gasteiger partial charge in [0.1, 0.15) is 0 Å². The van der Waals surface area contributed by atoms with Gasteiger partial charge in [-0.05, 0) is 12.8 Å². The number of fused-ring (bicyclic) bond motifs is 1. The van der Waals surface area contributed by atoms with Crippen LogP contribution in [-0.4, -0.2) is 35.7 Å². The topological polar surface area (TPSA) is 64.3 Å². The monoisotopic (exact) mass is 234 g/mol. The molecule has 0 bridgehead atoms. The molecule has 92 valence electrons. The summed E-state index contributed by atoms with van der Waals surface area (Å²) in [5.74, 6) is 0.846. The Morgan fingerprint density at radius 1 is 1.47 bits per heavy atom. The summed E-state index contributed by atoms with van der Waals surface area (Å²) in [6.45, 7) is 2.92. The fourth-order valence-electron chi connectivity index (χ4n) is 2.23. The van der Waals surface area contributed by atoms with E-state index in [4.69, 9.17) is 10.5 Å². The lowest BCUT2D eigenvalue weighted by atomic mass is 10.1. The highest BCUT2D eigenvalue weighted by Gasteiger charge is 2.30. The number of ether oxygens (including phenoxy) is 1. The van der Waals surface area contributed by atoms with Crippen molar-refractivity contribution < 1.29 is 4.74 Å². The molecule has 0 amide bonds. The van der Waals surface area contributed by atoms with E-state index < -0.39 is 0 Å². The van der Waals surface area contributed by atoms with Crippen molar-refractivity contribution in [1.82, 2.24) is 9.97 Å². The molecule has 2 heterocycles. The molecule has 1 aromatic heterocycles. The Kier molecular flexibility index (Phi) is 2.94. The summed E-state index contributed by atoms with van der Waals surface area (Å²) >= 11 is 0. The first-order chi connectivity index (χ1) is 8.38. The second-order valence-corrected chi connectivity index (χ2v) is 4.66. The maximum atomic E-state index is 5.65. The van der Waals surface area contributed by atoms with Crippen LogP contribution in [0.15, 0.2) is 6.20 Å². The molecule has 1 aromatic rings. The molecule has 2 aliphatic rings. The Morgan fingerprint density at radius 3 is 3.12 bits per heavy atom. The largest absolute Gasteiger partial charge is 0.376 e.